The summed E-state index contributed by atoms with van der Waals surface area (Å²) in [7, 11) is 0. The van der Waals surface area contributed by atoms with E-state index in [0.29, 0.717) is 54.0 Å². The quantitative estimate of drug-likeness (QED) is 0.579. The zero-order valence-corrected chi connectivity index (χ0v) is 17.5. The topological polar surface area (TPSA) is 111 Å². The van der Waals surface area contributed by atoms with Gasteiger partial charge in [0.25, 0.3) is 11.8 Å². The highest BCUT2D eigenvalue weighted by Crippen LogP contribution is 2.30. The monoisotopic (exact) mass is 438 g/mol. The van der Waals surface area contributed by atoms with Crippen LogP contribution in [0, 0.1) is 0 Å². The summed E-state index contributed by atoms with van der Waals surface area (Å²) in [5, 5.41) is 5.76. The molecule has 0 spiro atoms. The van der Waals surface area contributed by atoms with Crippen LogP contribution < -0.4 is 20.1 Å². The molecule has 1 aliphatic rings. The molecule has 0 radical (unpaired) electrons. The molecule has 2 atom stereocenters. The van der Waals surface area contributed by atoms with Gasteiger partial charge < -0.3 is 20.1 Å². The standard InChI is InChI=1S/C22H23FN6O3/c1-2-31-19-4-3-5-26-22(19)32-18-6-14(8-24-13-18)20-27-9-15(10-28-20)21(30)29-17-7-16(23)11-25-12-17/h3-6,8-10,13,16-17,25H,2,7,11-12H2,1H3,(H,29,30)/t16-,17+/m0/s1. The Morgan fingerprint density at radius 3 is 2.84 bits per heavy atom. The van der Waals surface area contributed by atoms with Crippen LogP contribution >= 0.6 is 0 Å². The lowest BCUT2D eigenvalue weighted by molar-refractivity contribution is 0.0918. The van der Waals surface area contributed by atoms with E-state index in [1.165, 1.54) is 12.4 Å². The van der Waals surface area contributed by atoms with Crippen LogP contribution in [0.2, 0.25) is 0 Å². The minimum atomic E-state index is -0.967. The maximum absolute atomic E-state index is 13.5. The van der Waals surface area contributed by atoms with Crippen LogP contribution in [0.15, 0.2) is 49.2 Å². The summed E-state index contributed by atoms with van der Waals surface area (Å²) < 4.78 is 24.8. The summed E-state index contributed by atoms with van der Waals surface area (Å²) in [4.78, 5) is 29.3. The van der Waals surface area contributed by atoms with Gasteiger partial charge in [0.15, 0.2) is 11.6 Å². The summed E-state index contributed by atoms with van der Waals surface area (Å²) in [5.41, 5.74) is 0.907. The summed E-state index contributed by atoms with van der Waals surface area (Å²) in [5.74, 6) is 1.34. The molecule has 0 bridgehead atoms. The van der Waals surface area contributed by atoms with Crippen LogP contribution in [-0.2, 0) is 0 Å². The number of piperidine rings is 1. The first kappa shape index (κ1) is 21.6. The molecule has 0 unspecified atom stereocenters. The molecular weight excluding hydrogens is 415 g/mol. The molecule has 166 valence electrons. The van der Waals surface area contributed by atoms with E-state index < -0.39 is 6.17 Å². The molecule has 3 aromatic rings. The van der Waals surface area contributed by atoms with Gasteiger partial charge in [-0.1, -0.05) is 0 Å². The average molecular weight is 438 g/mol. The number of nitrogens with one attached hydrogen (secondary N) is 2. The van der Waals surface area contributed by atoms with Gasteiger partial charge in [0.2, 0.25) is 0 Å². The molecule has 0 aliphatic carbocycles. The largest absolute Gasteiger partial charge is 0.488 e. The maximum atomic E-state index is 13.5. The van der Waals surface area contributed by atoms with E-state index in [4.69, 9.17) is 9.47 Å². The lowest BCUT2D eigenvalue weighted by Gasteiger charge is -2.26. The fourth-order valence-electron chi connectivity index (χ4n) is 3.29. The lowest BCUT2D eigenvalue weighted by atomic mass is 10.1. The molecule has 1 fully saturated rings. The second-order valence-electron chi connectivity index (χ2n) is 7.21. The van der Waals surface area contributed by atoms with Crippen molar-refractivity contribution in [3.05, 3.63) is 54.7 Å². The molecule has 1 aliphatic heterocycles. The SMILES string of the molecule is CCOc1cccnc1Oc1cncc(-c2ncc(C(=O)N[C@H]3CNC[C@@H](F)C3)cn2)c1. The molecule has 10 heteroatoms. The number of rotatable bonds is 7. The zero-order chi connectivity index (χ0) is 22.3. The van der Waals surface area contributed by atoms with Crippen molar-refractivity contribution in [3.8, 4) is 28.8 Å². The molecule has 4 heterocycles. The Bertz CT molecular complexity index is 1070. The summed E-state index contributed by atoms with van der Waals surface area (Å²) in [6.45, 7) is 3.21. The van der Waals surface area contributed by atoms with E-state index in [2.05, 4.69) is 30.6 Å². The number of nitrogens with zero attached hydrogens (tertiary/aromatic N) is 4. The zero-order valence-electron chi connectivity index (χ0n) is 17.5. The Labute approximate surface area is 184 Å². The van der Waals surface area contributed by atoms with Crippen molar-refractivity contribution in [1.82, 2.24) is 30.6 Å². The first-order valence-corrected chi connectivity index (χ1v) is 10.3. The van der Waals surface area contributed by atoms with E-state index in [0.717, 1.165) is 0 Å². The molecule has 4 rings (SSSR count). The highest BCUT2D eigenvalue weighted by Gasteiger charge is 2.23. The van der Waals surface area contributed by atoms with Crippen molar-refractivity contribution >= 4 is 5.91 Å². The minimum absolute atomic E-state index is 0.267. The van der Waals surface area contributed by atoms with Crippen molar-refractivity contribution in [2.24, 2.45) is 0 Å². The molecule has 32 heavy (non-hydrogen) atoms. The van der Waals surface area contributed by atoms with Crippen molar-refractivity contribution in [2.75, 3.05) is 19.7 Å². The molecule has 1 amide bonds. The van der Waals surface area contributed by atoms with E-state index in [1.807, 2.05) is 6.92 Å². The Morgan fingerprint density at radius 1 is 1.22 bits per heavy atom. The Balaban J connectivity index is 1.45. The molecule has 9 nitrogen and oxygen atoms in total. The fourth-order valence-corrected chi connectivity index (χ4v) is 3.29. The molecule has 1 saturated heterocycles. The third kappa shape index (κ3) is 5.33. The number of carbonyl (C=O) groups is 1. The van der Waals surface area contributed by atoms with Crippen LogP contribution in [0.4, 0.5) is 4.39 Å². The van der Waals surface area contributed by atoms with Crippen LogP contribution in [0.1, 0.15) is 23.7 Å². The number of carbonyl (C=O) groups excluding carboxylic acids is 1. The number of amides is 1. The van der Waals surface area contributed by atoms with Gasteiger partial charge >= 0.3 is 0 Å². The van der Waals surface area contributed by atoms with E-state index in [1.54, 1.807) is 36.8 Å². The first-order chi connectivity index (χ1) is 15.6. The second-order valence-corrected chi connectivity index (χ2v) is 7.21. The van der Waals surface area contributed by atoms with Crippen molar-refractivity contribution < 1.29 is 18.7 Å². The van der Waals surface area contributed by atoms with Crippen LogP contribution in [0.25, 0.3) is 11.4 Å². The Morgan fingerprint density at radius 2 is 2.06 bits per heavy atom. The molecule has 0 saturated carbocycles. The molecular formula is C22H23FN6O3. The molecule has 2 N–H and O–H groups in total. The van der Waals surface area contributed by atoms with Gasteiger partial charge in [0.05, 0.1) is 18.4 Å². The molecule has 0 aromatic carbocycles. The van der Waals surface area contributed by atoms with Crippen molar-refractivity contribution in [1.29, 1.82) is 0 Å². The number of hydrogen-bond acceptors (Lipinski definition) is 8. The second kappa shape index (κ2) is 10.1. The van der Waals surface area contributed by atoms with Gasteiger partial charge in [-0.2, -0.15) is 0 Å². The van der Waals surface area contributed by atoms with Crippen LogP contribution in [0.5, 0.6) is 17.4 Å². The van der Waals surface area contributed by atoms with Gasteiger partial charge in [-0.05, 0) is 25.1 Å². The number of pyridine rings is 2. The van der Waals surface area contributed by atoms with E-state index in [9.17, 15) is 9.18 Å². The Hall–Kier alpha value is -3.66. The number of alkyl halides is 1. The van der Waals surface area contributed by atoms with Crippen LogP contribution in [0.3, 0.4) is 0 Å². The Kier molecular flexibility index (Phi) is 6.81. The number of hydrogen-bond donors (Lipinski definition) is 2. The average Bonchev–Trinajstić information content (AvgIpc) is 2.81. The van der Waals surface area contributed by atoms with Crippen molar-refractivity contribution in [2.45, 2.75) is 25.6 Å². The van der Waals surface area contributed by atoms with Gasteiger partial charge in [-0.25, -0.2) is 19.3 Å². The number of aromatic nitrogens is 4. The van der Waals surface area contributed by atoms with Crippen LogP contribution in [-0.4, -0.2) is 57.8 Å². The smallest absolute Gasteiger partial charge is 0.262 e. The van der Waals surface area contributed by atoms with Gasteiger partial charge in [0, 0.05) is 55.9 Å². The summed E-state index contributed by atoms with van der Waals surface area (Å²) in [6, 6.07) is 4.99. The van der Waals surface area contributed by atoms with E-state index >= 15 is 0 Å². The third-order valence-electron chi connectivity index (χ3n) is 4.77. The lowest BCUT2D eigenvalue weighted by Crippen LogP contribution is -2.49. The minimum Gasteiger partial charge on any atom is -0.488 e. The van der Waals surface area contributed by atoms with Gasteiger partial charge in [0.1, 0.15) is 11.9 Å². The molecule has 3 aromatic heterocycles. The first-order valence-electron chi connectivity index (χ1n) is 10.3. The third-order valence-corrected chi connectivity index (χ3v) is 4.77. The van der Waals surface area contributed by atoms with E-state index in [-0.39, 0.29) is 18.4 Å². The normalized spacial score (nSPS) is 18.1. The highest BCUT2D eigenvalue weighted by molar-refractivity contribution is 5.93. The number of ether oxygens (including phenoxy) is 2. The summed E-state index contributed by atoms with van der Waals surface area (Å²) >= 11 is 0. The van der Waals surface area contributed by atoms with Crippen molar-refractivity contribution in [3.63, 3.8) is 0 Å². The maximum Gasteiger partial charge on any atom is 0.262 e. The van der Waals surface area contributed by atoms with Gasteiger partial charge in [-0.15, -0.1) is 0 Å². The highest BCUT2D eigenvalue weighted by atomic mass is 19.1. The number of halogens is 1. The predicted molar refractivity (Wildman–Crippen MR) is 114 cm³/mol. The fraction of sp³-hybridized carbons (Fsp3) is 0.318. The predicted octanol–water partition coefficient (Wildman–Crippen LogP) is 2.55. The summed E-state index contributed by atoms with van der Waals surface area (Å²) in [6.07, 6.45) is 6.94. The van der Waals surface area contributed by atoms with Gasteiger partial charge in [-0.3, -0.25) is 9.78 Å².